The first-order valence-corrected chi connectivity index (χ1v) is 11.7. The van der Waals surface area contributed by atoms with E-state index in [0.717, 1.165) is 41.5 Å². The fourth-order valence-corrected chi connectivity index (χ4v) is 4.07. The van der Waals surface area contributed by atoms with Gasteiger partial charge in [0.2, 0.25) is 16.0 Å². The highest BCUT2D eigenvalue weighted by molar-refractivity contribution is 7.91. The first kappa shape index (κ1) is 21.1. The number of rotatable bonds is 7. The molecule has 0 atom stereocenters. The maximum atomic E-state index is 11.8. The van der Waals surface area contributed by atoms with Crippen LogP contribution in [0.15, 0.2) is 18.2 Å². The van der Waals surface area contributed by atoms with Crippen molar-refractivity contribution in [1.29, 1.82) is 0 Å². The van der Waals surface area contributed by atoms with Gasteiger partial charge in [-0.1, -0.05) is 25.1 Å². The number of hydrogen-bond acceptors (Lipinski definition) is 5. The number of fused-ring (bicyclic) bond motifs is 1. The van der Waals surface area contributed by atoms with Crippen molar-refractivity contribution in [3.05, 3.63) is 46.1 Å². The third-order valence-electron chi connectivity index (χ3n) is 5.26. The highest BCUT2D eigenvalue weighted by Crippen LogP contribution is 2.31. The summed E-state index contributed by atoms with van der Waals surface area (Å²) < 4.78 is 28.2. The summed E-state index contributed by atoms with van der Waals surface area (Å²) >= 11 is 0. The van der Waals surface area contributed by atoms with Crippen LogP contribution in [0.3, 0.4) is 0 Å². The van der Waals surface area contributed by atoms with Crippen molar-refractivity contribution in [2.24, 2.45) is 0 Å². The molecule has 0 aliphatic carbocycles. The molecule has 156 valence electrons. The lowest BCUT2D eigenvalue weighted by Crippen LogP contribution is -2.14. The number of aromatic nitrogens is 3. The van der Waals surface area contributed by atoms with Gasteiger partial charge in [0.05, 0.1) is 11.8 Å². The zero-order valence-electron chi connectivity index (χ0n) is 17.9. The maximum Gasteiger partial charge on any atom is 0.239 e. The summed E-state index contributed by atoms with van der Waals surface area (Å²) in [4.78, 5) is 9.04. The first-order chi connectivity index (χ1) is 13.6. The smallest absolute Gasteiger partial charge is 0.239 e. The summed E-state index contributed by atoms with van der Waals surface area (Å²) in [6, 6.07) is 6.22. The quantitative estimate of drug-likeness (QED) is 0.607. The summed E-state index contributed by atoms with van der Waals surface area (Å²) in [6.07, 6.45) is 2.08. The van der Waals surface area contributed by atoms with Crippen LogP contribution in [0.4, 0.5) is 11.8 Å². The minimum absolute atomic E-state index is 0.0840. The fraction of sp³-hybridized carbons (Fsp3) is 0.429. The molecule has 1 aromatic carbocycles. The van der Waals surface area contributed by atoms with E-state index in [1.165, 1.54) is 16.7 Å². The van der Waals surface area contributed by atoms with E-state index in [1.54, 1.807) is 0 Å². The van der Waals surface area contributed by atoms with Crippen LogP contribution in [-0.2, 0) is 23.1 Å². The van der Waals surface area contributed by atoms with Gasteiger partial charge in [0.25, 0.3) is 0 Å². The molecular formula is C21H29N5O2S. The van der Waals surface area contributed by atoms with Crippen molar-refractivity contribution >= 4 is 32.8 Å². The standard InChI is InChI=1S/C21H29N5O2S/c1-7-11-26-16(5)15(4)18-19(26)20(24-21(23-18)25-29(6,27)28)22-12-17-13(2)9-8-10-14(17)3/h8-10H,7,11-12H2,1-6H3,(H2,22,23,24,25). The van der Waals surface area contributed by atoms with Crippen LogP contribution in [0.5, 0.6) is 0 Å². The molecule has 0 unspecified atom stereocenters. The van der Waals surface area contributed by atoms with Gasteiger partial charge in [-0.15, -0.1) is 0 Å². The monoisotopic (exact) mass is 415 g/mol. The van der Waals surface area contributed by atoms with Gasteiger partial charge in [-0.3, -0.25) is 4.72 Å². The highest BCUT2D eigenvalue weighted by Gasteiger charge is 2.19. The average molecular weight is 416 g/mol. The Morgan fingerprint density at radius 3 is 2.31 bits per heavy atom. The molecule has 0 aliphatic heterocycles. The van der Waals surface area contributed by atoms with E-state index in [1.807, 2.05) is 13.0 Å². The van der Waals surface area contributed by atoms with Crippen LogP contribution in [0, 0.1) is 27.7 Å². The number of benzene rings is 1. The van der Waals surface area contributed by atoms with Crippen LogP contribution in [0.2, 0.25) is 0 Å². The molecule has 2 aromatic heterocycles. The number of nitrogens with one attached hydrogen (secondary N) is 2. The lowest BCUT2D eigenvalue weighted by molar-refractivity contribution is 0.606. The Morgan fingerprint density at radius 1 is 1.07 bits per heavy atom. The number of sulfonamides is 1. The van der Waals surface area contributed by atoms with Gasteiger partial charge >= 0.3 is 0 Å². The second-order valence-electron chi connectivity index (χ2n) is 7.55. The van der Waals surface area contributed by atoms with Gasteiger partial charge in [0, 0.05) is 18.8 Å². The summed E-state index contributed by atoms with van der Waals surface area (Å²) in [6.45, 7) is 11.8. The Bertz CT molecular complexity index is 1150. The van der Waals surface area contributed by atoms with Crippen molar-refractivity contribution < 1.29 is 8.42 Å². The Hall–Kier alpha value is -2.61. The molecule has 0 saturated heterocycles. The lowest BCUT2D eigenvalue weighted by atomic mass is 10.0. The molecule has 0 saturated carbocycles. The SMILES string of the molecule is CCCn1c(C)c(C)c2nc(NS(C)(=O)=O)nc(NCc3c(C)cccc3C)c21. The summed E-state index contributed by atoms with van der Waals surface area (Å²) in [5.41, 5.74) is 7.43. The van der Waals surface area contributed by atoms with Crippen molar-refractivity contribution in [3.8, 4) is 0 Å². The summed E-state index contributed by atoms with van der Waals surface area (Å²) in [7, 11) is -3.48. The van der Waals surface area contributed by atoms with Crippen LogP contribution in [0.1, 0.15) is 41.3 Å². The Labute approximate surface area is 172 Å². The van der Waals surface area contributed by atoms with E-state index in [0.29, 0.717) is 12.4 Å². The second-order valence-corrected chi connectivity index (χ2v) is 9.30. The van der Waals surface area contributed by atoms with E-state index in [2.05, 4.69) is 64.4 Å². The van der Waals surface area contributed by atoms with Gasteiger partial charge in [-0.25, -0.2) is 13.4 Å². The molecule has 29 heavy (non-hydrogen) atoms. The van der Waals surface area contributed by atoms with E-state index < -0.39 is 10.0 Å². The maximum absolute atomic E-state index is 11.8. The fourth-order valence-electron chi connectivity index (χ4n) is 3.65. The zero-order chi connectivity index (χ0) is 21.3. The van der Waals surface area contributed by atoms with Gasteiger partial charge in [0.15, 0.2) is 5.82 Å². The minimum atomic E-state index is -3.48. The molecule has 0 spiro atoms. The van der Waals surface area contributed by atoms with Gasteiger partial charge in [0.1, 0.15) is 5.52 Å². The normalized spacial score (nSPS) is 11.8. The largest absolute Gasteiger partial charge is 0.364 e. The molecule has 2 heterocycles. The third-order valence-corrected chi connectivity index (χ3v) is 5.81. The highest BCUT2D eigenvalue weighted by atomic mass is 32.2. The second kappa shape index (κ2) is 8.02. The molecule has 7 nitrogen and oxygen atoms in total. The number of hydrogen-bond donors (Lipinski definition) is 2. The molecule has 8 heteroatoms. The van der Waals surface area contributed by atoms with E-state index in [4.69, 9.17) is 0 Å². The van der Waals surface area contributed by atoms with Crippen molar-refractivity contribution in [2.75, 3.05) is 16.3 Å². The van der Waals surface area contributed by atoms with E-state index >= 15 is 0 Å². The van der Waals surface area contributed by atoms with Crippen molar-refractivity contribution in [3.63, 3.8) is 0 Å². The average Bonchev–Trinajstić information content (AvgIpc) is 2.85. The Kier molecular flexibility index (Phi) is 5.84. The van der Waals surface area contributed by atoms with E-state index in [-0.39, 0.29) is 5.95 Å². The zero-order valence-corrected chi connectivity index (χ0v) is 18.7. The molecular weight excluding hydrogens is 386 g/mol. The number of aryl methyl sites for hydroxylation is 4. The predicted octanol–water partition coefficient (Wildman–Crippen LogP) is 4.06. The summed E-state index contributed by atoms with van der Waals surface area (Å²) in [5.74, 6) is 0.717. The van der Waals surface area contributed by atoms with Crippen LogP contribution in [0.25, 0.3) is 11.0 Å². The molecule has 3 rings (SSSR count). The summed E-state index contributed by atoms with van der Waals surface area (Å²) in [5, 5.41) is 3.44. The lowest BCUT2D eigenvalue weighted by Gasteiger charge is -2.15. The van der Waals surface area contributed by atoms with Crippen molar-refractivity contribution in [1.82, 2.24) is 14.5 Å². The third kappa shape index (κ3) is 4.37. The minimum Gasteiger partial charge on any atom is -0.364 e. The van der Waals surface area contributed by atoms with Crippen molar-refractivity contribution in [2.45, 2.75) is 54.1 Å². The molecule has 3 aromatic rings. The molecule has 0 radical (unpaired) electrons. The molecule has 0 fully saturated rings. The Balaban J connectivity index is 2.15. The van der Waals surface area contributed by atoms with E-state index in [9.17, 15) is 8.42 Å². The molecule has 0 amide bonds. The van der Waals surface area contributed by atoms with Crippen LogP contribution >= 0.6 is 0 Å². The number of anilines is 2. The molecule has 0 bridgehead atoms. The van der Waals surface area contributed by atoms with Crippen LogP contribution < -0.4 is 10.0 Å². The van der Waals surface area contributed by atoms with Gasteiger partial charge < -0.3 is 9.88 Å². The molecule has 0 aliphatic rings. The predicted molar refractivity (Wildman–Crippen MR) is 119 cm³/mol. The van der Waals surface area contributed by atoms with Gasteiger partial charge in [-0.05, 0) is 56.4 Å². The molecule has 2 N–H and O–H groups in total. The van der Waals surface area contributed by atoms with Gasteiger partial charge in [-0.2, -0.15) is 4.98 Å². The number of nitrogens with zero attached hydrogens (tertiary/aromatic N) is 3. The first-order valence-electron chi connectivity index (χ1n) is 9.76. The topological polar surface area (TPSA) is 88.9 Å². The Morgan fingerprint density at radius 2 is 1.72 bits per heavy atom. The van der Waals surface area contributed by atoms with Crippen LogP contribution in [-0.4, -0.2) is 29.2 Å².